The van der Waals surface area contributed by atoms with E-state index in [9.17, 15) is 9.59 Å². The van der Waals surface area contributed by atoms with E-state index in [4.69, 9.17) is 34.2 Å². The minimum absolute atomic E-state index is 0.0309. The molecule has 0 aliphatic carbocycles. The quantitative estimate of drug-likeness (QED) is 0.528. The van der Waals surface area contributed by atoms with Gasteiger partial charge in [0, 0.05) is 0 Å². The number of hydrogen-bond acceptors (Lipinski definition) is 5. The predicted octanol–water partition coefficient (Wildman–Crippen LogP) is -0.663. The molecular formula is C15H18N4O3S. The molecule has 122 valence electrons. The first-order valence-corrected chi connectivity index (χ1v) is 7.23. The largest absolute Gasteiger partial charge is 0.497 e. The lowest BCUT2D eigenvalue weighted by Gasteiger charge is -2.38. The molecule has 1 aliphatic heterocycles. The Morgan fingerprint density at radius 3 is 2.65 bits per heavy atom. The first-order valence-electron chi connectivity index (χ1n) is 6.82. The molecule has 1 aromatic rings. The van der Waals surface area contributed by atoms with E-state index in [0.717, 1.165) is 5.56 Å². The van der Waals surface area contributed by atoms with E-state index in [1.165, 1.54) is 6.08 Å². The number of ether oxygens (including phenoxy) is 1. The van der Waals surface area contributed by atoms with E-state index in [2.05, 4.69) is 5.32 Å². The van der Waals surface area contributed by atoms with Crippen molar-refractivity contribution in [2.75, 3.05) is 7.11 Å². The molecule has 0 fully saturated rings. The lowest BCUT2D eigenvalue weighted by atomic mass is 9.74. The van der Waals surface area contributed by atoms with Crippen LogP contribution >= 0.6 is 12.2 Å². The Morgan fingerprint density at radius 2 is 2.09 bits per heavy atom. The van der Waals surface area contributed by atoms with Crippen LogP contribution in [0.15, 0.2) is 35.9 Å². The van der Waals surface area contributed by atoms with Crippen molar-refractivity contribution in [3.05, 3.63) is 41.5 Å². The van der Waals surface area contributed by atoms with Gasteiger partial charge in [0.1, 0.15) is 16.2 Å². The molecule has 7 nitrogen and oxygen atoms in total. The smallest absolute Gasteiger partial charge is 0.251 e. The van der Waals surface area contributed by atoms with Gasteiger partial charge in [0.05, 0.1) is 18.8 Å². The molecule has 1 aliphatic rings. The van der Waals surface area contributed by atoms with Gasteiger partial charge in [0.25, 0.3) is 5.91 Å². The lowest BCUT2D eigenvalue weighted by Crippen LogP contribution is -2.62. The molecule has 7 N–H and O–H groups in total. The van der Waals surface area contributed by atoms with Gasteiger partial charge in [0.15, 0.2) is 0 Å². The van der Waals surface area contributed by atoms with Crippen molar-refractivity contribution in [1.29, 1.82) is 0 Å². The van der Waals surface area contributed by atoms with Crippen LogP contribution in [0.4, 0.5) is 0 Å². The second-order valence-corrected chi connectivity index (χ2v) is 5.71. The topological polar surface area (TPSA) is 133 Å². The number of amides is 2. The first kappa shape index (κ1) is 16.9. The fourth-order valence-electron chi connectivity index (χ4n) is 2.54. The van der Waals surface area contributed by atoms with Crippen LogP contribution in [-0.2, 0) is 16.0 Å². The molecule has 0 saturated carbocycles. The zero-order valence-corrected chi connectivity index (χ0v) is 13.4. The van der Waals surface area contributed by atoms with Crippen molar-refractivity contribution in [2.45, 2.75) is 12.6 Å². The molecule has 0 radical (unpaired) electrons. The number of hydrogen-bond donors (Lipinski definition) is 4. The third kappa shape index (κ3) is 3.17. The summed E-state index contributed by atoms with van der Waals surface area (Å²) in [6.45, 7) is 0. The van der Waals surface area contributed by atoms with Crippen molar-refractivity contribution < 1.29 is 14.3 Å². The average molecular weight is 334 g/mol. The highest BCUT2D eigenvalue weighted by Gasteiger charge is 2.45. The second-order valence-electron chi connectivity index (χ2n) is 5.31. The van der Waals surface area contributed by atoms with Crippen LogP contribution in [0.25, 0.3) is 0 Å². The summed E-state index contributed by atoms with van der Waals surface area (Å²) in [5.74, 6) is -0.790. The highest BCUT2D eigenvalue weighted by Crippen LogP contribution is 2.32. The number of carbonyl (C=O) groups is 2. The normalized spacial score (nSPS) is 23.7. The Kier molecular flexibility index (Phi) is 4.67. The van der Waals surface area contributed by atoms with Crippen molar-refractivity contribution in [1.82, 2.24) is 5.32 Å². The Balaban J connectivity index is 2.51. The summed E-state index contributed by atoms with van der Waals surface area (Å²) in [6, 6.07) is 7.14. The lowest BCUT2D eigenvalue weighted by molar-refractivity contribution is -0.126. The van der Waals surface area contributed by atoms with Crippen LogP contribution in [0.1, 0.15) is 5.56 Å². The molecular weight excluding hydrogens is 316 g/mol. The molecule has 0 saturated heterocycles. The van der Waals surface area contributed by atoms with Crippen LogP contribution in [0.5, 0.6) is 5.75 Å². The van der Waals surface area contributed by atoms with Gasteiger partial charge in [-0.15, -0.1) is 0 Å². The minimum Gasteiger partial charge on any atom is -0.497 e. The van der Waals surface area contributed by atoms with E-state index in [0.29, 0.717) is 5.75 Å². The Morgan fingerprint density at radius 1 is 1.39 bits per heavy atom. The number of methoxy groups -OCH3 is 1. The monoisotopic (exact) mass is 334 g/mol. The third-order valence-corrected chi connectivity index (χ3v) is 4.18. The summed E-state index contributed by atoms with van der Waals surface area (Å²) in [6.07, 6.45) is 0.676. The van der Waals surface area contributed by atoms with E-state index in [1.54, 1.807) is 25.3 Å². The van der Waals surface area contributed by atoms with Gasteiger partial charge in [-0.25, -0.2) is 0 Å². The van der Waals surface area contributed by atoms with Crippen molar-refractivity contribution in [2.24, 2.45) is 22.6 Å². The predicted molar refractivity (Wildman–Crippen MR) is 89.3 cm³/mol. The zero-order valence-electron chi connectivity index (χ0n) is 12.5. The third-order valence-electron chi connectivity index (χ3n) is 3.84. The van der Waals surface area contributed by atoms with Crippen molar-refractivity contribution >= 4 is 29.0 Å². The molecule has 23 heavy (non-hydrogen) atoms. The van der Waals surface area contributed by atoms with Gasteiger partial charge in [-0.3, -0.25) is 9.59 Å². The molecule has 8 heteroatoms. The fraction of sp³-hybridized carbons (Fsp3) is 0.267. The number of thiocarbonyl (C=S) groups is 1. The molecule has 0 spiro atoms. The summed E-state index contributed by atoms with van der Waals surface area (Å²) in [4.78, 5) is 23.8. The second kappa shape index (κ2) is 6.35. The highest BCUT2D eigenvalue weighted by atomic mass is 32.1. The van der Waals surface area contributed by atoms with Crippen LogP contribution in [0.3, 0.4) is 0 Å². The Hall–Kier alpha value is -2.45. The number of nitrogens with one attached hydrogen (secondary N) is 1. The van der Waals surface area contributed by atoms with E-state index in [1.807, 2.05) is 6.07 Å². The molecule has 1 aromatic carbocycles. The molecule has 0 aromatic heterocycles. The van der Waals surface area contributed by atoms with Gasteiger partial charge in [-0.2, -0.15) is 0 Å². The number of rotatable bonds is 5. The minimum atomic E-state index is -1.33. The van der Waals surface area contributed by atoms with Crippen LogP contribution in [0, 0.1) is 5.41 Å². The van der Waals surface area contributed by atoms with Crippen molar-refractivity contribution in [3.63, 3.8) is 0 Å². The Bertz CT molecular complexity index is 704. The van der Waals surface area contributed by atoms with E-state index >= 15 is 0 Å². The van der Waals surface area contributed by atoms with Crippen LogP contribution < -0.4 is 27.3 Å². The summed E-state index contributed by atoms with van der Waals surface area (Å²) >= 11 is 5.04. The number of primary amides is 2. The maximum atomic E-state index is 12.2. The van der Waals surface area contributed by atoms with E-state index < -0.39 is 23.4 Å². The maximum absolute atomic E-state index is 12.2. The molecule has 2 unspecified atom stereocenters. The summed E-state index contributed by atoms with van der Waals surface area (Å²) < 4.78 is 5.17. The number of nitrogens with two attached hydrogens (primary N) is 3. The fourth-order valence-corrected chi connectivity index (χ4v) is 2.82. The Labute approximate surface area is 138 Å². The summed E-state index contributed by atoms with van der Waals surface area (Å²) in [5.41, 5.74) is 16.4. The number of carbonyl (C=O) groups excluding carboxylic acids is 2. The molecule has 2 amide bonds. The van der Waals surface area contributed by atoms with Gasteiger partial charge < -0.3 is 27.3 Å². The highest BCUT2D eigenvalue weighted by molar-refractivity contribution is 7.80. The number of benzene rings is 1. The van der Waals surface area contributed by atoms with Gasteiger partial charge in [-0.1, -0.05) is 24.4 Å². The van der Waals surface area contributed by atoms with Gasteiger partial charge >= 0.3 is 0 Å². The van der Waals surface area contributed by atoms with Crippen molar-refractivity contribution in [3.8, 4) is 5.75 Å². The summed E-state index contributed by atoms with van der Waals surface area (Å²) in [5, 5.41) is 2.74. The van der Waals surface area contributed by atoms with Crippen LogP contribution in [-0.4, -0.2) is 30.1 Å². The molecule has 2 atom stereocenters. The standard InChI is InChI=1S/C15H18N4O3S/c1-22-9-4-2-3-8(5-9)6-15(14(18)21)7-10(11(16)20)12(23)19-13(15)17/h2-5,7,13H,6,17H2,1H3,(H2,16,20)(H2,18,21)(H,19,23). The summed E-state index contributed by atoms with van der Waals surface area (Å²) in [7, 11) is 1.54. The zero-order chi connectivity index (χ0) is 17.2. The van der Waals surface area contributed by atoms with E-state index in [-0.39, 0.29) is 17.0 Å². The first-order chi connectivity index (χ1) is 10.8. The molecule has 2 rings (SSSR count). The van der Waals surface area contributed by atoms with Crippen LogP contribution in [0.2, 0.25) is 0 Å². The molecule has 1 heterocycles. The van der Waals surface area contributed by atoms with Gasteiger partial charge in [0.2, 0.25) is 5.91 Å². The maximum Gasteiger partial charge on any atom is 0.251 e. The van der Waals surface area contributed by atoms with Gasteiger partial charge in [-0.05, 0) is 30.2 Å². The SMILES string of the molecule is COc1cccc(CC2(C(N)=O)C=C(C(N)=O)C(=S)NC2N)c1. The molecule has 0 bridgehead atoms. The average Bonchev–Trinajstić information content (AvgIpc) is 2.49.